The first-order valence-corrected chi connectivity index (χ1v) is 9.80. The van der Waals surface area contributed by atoms with Crippen molar-refractivity contribution < 1.29 is 14.7 Å². The van der Waals surface area contributed by atoms with Gasteiger partial charge in [-0.05, 0) is 56.4 Å². The summed E-state index contributed by atoms with van der Waals surface area (Å²) in [5.41, 5.74) is 4.17. The van der Waals surface area contributed by atoms with Gasteiger partial charge in [0.25, 0.3) is 5.91 Å². The van der Waals surface area contributed by atoms with E-state index < -0.39 is 5.97 Å². The fourth-order valence-electron chi connectivity index (χ4n) is 2.70. The highest BCUT2D eigenvalue weighted by molar-refractivity contribution is 7.99. The molecule has 0 saturated carbocycles. The van der Waals surface area contributed by atoms with Gasteiger partial charge in [0, 0.05) is 29.5 Å². The van der Waals surface area contributed by atoms with Crippen LogP contribution in [0.15, 0.2) is 24.3 Å². The summed E-state index contributed by atoms with van der Waals surface area (Å²) in [6.07, 6.45) is 2.56. The molecule has 0 spiro atoms. The van der Waals surface area contributed by atoms with Crippen molar-refractivity contribution in [3.8, 4) is 5.69 Å². The number of hydrogen-bond acceptors (Lipinski definition) is 4. The Hall–Kier alpha value is -2.28. The number of amides is 1. The number of nitrogens with zero attached hydrogens (tertiary/aromatic N) is 2. The summed E-state index contributed by atoms with van der Waals surface area (Å²) in [7, 11) is 0. The number of carboxylic acids is 1. The van der Waals surface area contributed by atoms with Crippen molar-refractivity contribution in [1.82, 2.24) is 15.1 Å². The van der Waals surface area contributed by atoms with Gasteiger partial charge in [-0.15, -0.1) is 0 Å². The predicted molar refractivity (Wildman–Crippen MR) is 104 cm³/mol. The number of aromatic nitrogens is 2. The molecule has 0 bridgehead atoms. The molecule has 2 N–H and O–H groups in total. The predicted octanol–water partition coefficient (Wildman–Crippen LogP) is 2.99. The fraction of sp³-hybridized carbons (Fsp3) is 0.421. The quantitative estimate of drug-likeness (QED) is 0.741. The molecule has 0 aliphatic rings. The molecule has 1 heterocycles. The number of benzene rings is 1. The molecule has 1 unspecified atom stereocenters. The summed E-state index contributed by atoms with van der Waals surface area (Å²) in [4.78, 5) is 23.0. The molecule has 6 nitrogen and oxygen atoms in total. The van der Waals surface area contributed by atoms with Gasteiger partial charge in [0.2, 0.25) is 0 Å². The maximum Gasteiger partial charge on any atom is 0.303 e. The minimum Gasteiger partial charge on any atom is -0.481 e. The standard InChI is InChI=1S/C19H25N3O3S/c1-12(26-4)11-20-19(25)15-5-7-16(8-6-15)22-14(3)17(13(2)21-22)9-10-18(23)24/h5-8,12H,9-11H2,1-4H3,(H,20,25)(H,23,24). The van der Waals surface area contributed by atoms with Crippen LogP contribution in [-0.4, -0.2) is 44.8 Å². The van der Waals surface area contributed by atoms with Crippen molar-refractivity contribution >= 4 is 23.6 Å². The van der Waals surface area contributed by atoms with Gasteiger partial charge in [-0.2, -0.15) is 16.9 Å². The van der Waals surface area contributed by atoms with E-state index in [9.17, 15) is 9.59 Å². The Labute approximate surface area is 158 Å². The van der Waals surface area contributed by atoms with Gasteiger partial charge in [0.1, 0.15) is 0 Å². The van der Waals surface area contributed by atoms with Gasteiger partial charge < -0.3 is 10.4 Å². The molecule has 140 valence electrons. The Balaban J connectivity index is 2.14. The number of aryl methyl sites for hydroxylation is 1. The molecule has 0 fully saturated rings. The zero-order valence-corrected chi connectivity index (χ0v) is 16.4. The van der Waals surface area contributed by atoms with Gasteiger partial charge in [0.05, 0.1) is 11.4 Å². The third kappa shape index (κ3) is 4.88. The van der Waals surface area contributed by atoms with Crippen LogP contribution in [0.3, 0.4) is 0 Å². The summed E-state index contributed by atoms with van der Waals surface area (Å²) in [6, 6.07) is 7.27. The maximum absolute atomic E-state index is 12.2. The average molecular weight is 375 g/mol. The number of hydrogen-bond donors (Lipinski definition) is 2. The van der Waals surface area contributed by atoms with E-state index in [4.69, 9.17) is 5.11 Å². The van der Waals surface area contributed by atoms with E-state index in [1.54, 1.807) is 28.6 Å². The highest BCUT2D eigenvalue weighted by Crippen LogP contribution is 2.20. The van der Waals surface area contributed by atoms with E-state index in [0.717, 1.165) is 22.6 Å². The largest absolute Gasteiger partial charge is 0.481 e. The average Bonchev–Trinajstić information content (AvgIpc) is 2.91. The molecule has 0 radical (unpaired) electrons. The van der Waals surface area contributed by atoms with Gasteiger partial charge in [-0.25, -0.2) is 4.68 Å². The molecular formula is C19H25N3O3S. The molecule has 2 rings (SSSR count). The van der Waals surface area contributed by atoms with E-state index >= 15 is 0 Å². The summed E-state index contributed by atoms with van der Waals surface area (Å²) < 4.78 is 1.80. The first-order chi connectivity index (χ1) is 12.3. The van der Waals surface area contributed by atoms with Crippen molar-refractivity contribution in [2.75, 3.05) is 12.8 Å². The number of carbonyl (C=O) groups is 2. The number of rotatable bonds is 8. The van der Waals surface area contributed by atoms with Crippen LogP contribution in [0.25, 0.3) is 5.69 Å². The first kappa shape index (κ1) is 20.0. The molecule has 0 saturated heterocycles. The topological polar surface area (TPSA) is 84.2 Å². The molecular weight excluding hydrogens is 350 g/mol. The molecule has 0 aliphatic heterocycles. The van der Waals surface area contributed by atoms with E-state index in [0.29, 0.717) is 23.8 Å². The van der Waals surface area contributed by atoms with Crippen LogP contribution in [0, 0.1) is 13.8 Å². The minimum absolute atomic E-state index is 0.0843. The molecule has 0 aliphatic carbocycles. The second kappa shape index (κ2) is 8.89. The van der Waals surface area contributed by atoms with Crippen LogP contribution >= 0.6 is 11.8 Å². The van der Waals surface area contributed by atoms with Crippen LogP contribution in [-0.2, 0) is 11.2 Å². The molecule has 2 aromatic rings. The monoisotopic (exact) mass is 375 g/mol. The van der Waals surface area contributed by atoms with Crippen LogP contribution < -0.4 is 5.32 Å². The van der Waals surface area contributed by atoms with Crippen LogP contribution in [0.4, 0.5) is 0 Å². The summed E-state index contributed by atoms with van der Waals surface area (Å²) in [6.45, 7) is 6.52. The Morgan fingerprint density at radius 3 is 2.50 bits per heavy atom. The number of aliphatic carboxylic acids is 1. The van der Waals surface area contributed by atoms with Crippen LogP contribution in [0.5, 0.6) is 0 Å². The first-order valence-electron chi connectivity index (χ1n) is 8.51. The van der Waals surface area contributed by atoms with E-state index in [1.807, 2.05) is 32.2 Å². The lowest BCUT2D eigenvalue weighted by Crippen LogP contribution is -2.29. The van der Waals surface area contributed by atoms with Crippen molar-refractivity contribution in [2.24, 2.45) is 0 Å². The van der Waals surface area contributed by atoms with Gasteiger partial charge in [-0.3, -0.25) is 9.59 Å². The fourth-order valence-corrected chi connectivity index (χ4v) is 2.95. The lowest BCUT2D eigenvalue weighted by molar-refractivity contribution is -0.136. The Morgan fingerprint density at radius 1 is 1.27 bits per heavy atom. The second-order valence-electron chi connectivity index (χ2n) is 6.26. The van der Waals surface area contributed by atoms with E-state index in [-0.39, 0.29) is 12.3 Å². The third-order valence-corrected chi connectivity index (χ3v) is 5.33. The minimum atomic E-state index is -0.817. The number of carbonyl (C=O) groups excluding carboxylic acids is 1. The summed E-state index contributed by atoms with van der Waals surface area (Å²) in [5.74, 6) is -0.907. The SMILES string of the molecule is CSC(C)CNC(=O)c1ccc(-n2nc(C)c(CCC(=O)O)c2C)cc1. The summed E-state index contributed by atoms with van der Waals surface area (Å²) >= 11 is 1.71. The molecule has 26 heavy (non-hydrogen) atoms. The molecule has 1 atom stereocenters. The van der Waals surface area contributed by atoms with Crippen LogP contribution in [0.2, 0.25) is 0 Å². The molecule has 1 aromatic heterocycles. The maximum atomic E-state index is 12.2. The van der Waals surface area contributed by atoms with E-state index in [1.165, 1.54) is 0 Å². The highest BCUT2D eigenvalue weighted by Gasteiger charge is 2.14. The normalized spacial score (nSPS) is 12.0. The van der Waals surface area contributed by atoms with Crippen LogP contribution in [0.1, 0.15) is 40.7 Å². The molecule has 1 aromatic carbocycles. The lowest BCUT2D eigenvalue weighted by Gasteiger charge is -2.10. The number of nitrogens with one attached hydrogen (secondary N) is 1. The molecule has 7 heteroatoms. The number of thioether (sulfide) groups is 1. The number of carboxylic acid groups (broad SMARTS) is 1. The second-order valence-corrected chi connectivity index (χ2v) is 7.53. The van der Waals surface area contributed by atoms with Gasteiger partial charge in [0.15, 0.2) is 0 Å². The Bertz CT molecular complexity index is 784. The Kier molecular flexibility index (Phi) is 6.85. The highest BCUT2D eigenvalue weighted by atomic mass is 32.2. The van der Waals surface area contributed by atoms with Gasteiger partial charge >= 0.3 is 5.97 Å². The zero-order valence-electron chi connectivity index (χ0n) is 15.6. The Morgan fingerprint density at radius 2 is 1.92 bits per heavy atom. The zero-order chi connectivity index (χ0) is 19.3. The molecule has 1 amide bonds. The summed E-state index contributed by atoms with van der Waals surface area (Å²) in [5, 5.41) is 16.7. The third-order valence-electron chi connectivity index (χ3n) is 4.36. The van der Waals surface area contributed by atoms with Gasteiger partial charge in [-0.1, -0.05) is 6.92 Å². The van der Waals surface area contributed by atoms with Crippen molar-refractivity contribution in [3.05, 3.63) is 46.8 Å². The van der Waals surface area contributed by atoms with E-state index in [2.05, 4.69) is 17.3 Å². The van der Waals surface area contributed by atoms with Crippen molar-refractivity contribution in [2.45, 2.75) is 38.9 Å². The van der Waals surface area contributed by atoms with Crippen molar-refractivity contribution in [3.63, 3.8) is 0 Å². The smallest absolute Gasteiger partial charge is 0.303 e. The lowest BCUT2D eigenvalue weighted by atomic mass is 10.1. The van der Waals surface area contributed by atoms with Crippen molar-refractivity contribution in [1.29, 1.82) is 0 Å².